The highest BCUT2D eigenvalue weighted by atomic mass is 32.1. The number of nitrogens with zero attached hydrogens (tertiary/aromatic N) is 2. The molecule has 0 radical (unpaired) electrons. The number of hydroxylamine groups is 2. The third-order valence-corrected chi connectivity index (χ3v) is 6.57. The monoisotopic (exact) mass is 320 g/mol. The first kappa shape index (κ1) is 14.7. The standard InChI is InChI=1S/C17H24N2O2S/c20-16(15-1-5-17(6-7-17)12-19(15)21)18-8-2-13(3-9-18)14-4-10-22-11-14/h4,10-11,13,15,21H,1-3,5-9,12H2. The molecule has 4 nitrogen and oxygen atoms in total. The predicted molar refractivity (Wildman–Crippen MR) is 86.1 cm³/mol. The number of hydrogen-bond donors (Lipinski definition) is 1. The molecule has 3 heterocycles. The lowest BCUT2D eigenvalue weighted by Gasteiger charge is -2.39. The molecule has 120 valence electrons. The summed E-state index contributed by atoms with van der Waals surface area (Å²) in [7, 11) is 0. The van der Waals surface area contributed by atoms with Crippen LogP contribution in [0.15, 0.2) is 16.8 Å². The SMILES string of the molecule is O=C(C1CCC2(CC2)CN1O)N1CCC(c2ccsc2)CC1. The number of thiophene rings is 1. The summed E-state index contributed by atoms with van der Waals surface area (Å²) in [6.45, 7) is 2.35. The topological polar surface area (TPSA) is 43.8 Å². The zero-order valence-corrected chi connectivity index (χ0v) is 13.7. The quantitative estimate of drug-likeness (QED) is 0.911. The van der Waals surface area contributed by atoms with E-state index >= 15 is 0 Å². The summed E-state index contributed by atoms with van der Waals surface area (Å²) in [6, 6.07) is 1.90. The summed E-state index contributed by atoms with van der Waals surface area (Å²) in [5.74, 6) is 0.739. The van der Waals surface area contributed by atoms with Gasteiger partial charge in [0.2, 0.25) is 5.91 Å². The second-order valence-corrected chi connectivity index (χ2v) is 8.09. The van der Waals surface area contributed by atoms with Crippen molar-refractivity contribution >= 4 is 17.2 Å². The Balaban J connectivity index is 1.34. The molecule has 1 N–H and O–H groups in total. The molecule has 4 rings (SSSR count). The van der Waals surface area contributed by atoms with Crippen LogP contribution in [0.4, 0.5) is 0 Å². The maximum Gasteiger partial charge on any atom is 0.242 e. The maximum atomic E-state index is 12.7. The van der Waals surface area contributed by atoms with Gasteiger partial charge in [-0.1, -0.05) is 0 Å². The first-order valence-corrected chi connectivity index (χ1v) is 9.38. The van der Waals surface area contributed by atoms with Crippen molar-refractivity contribution in [2.45, 2.75) is 50.5 Å². The second kappa shape index (κ2) is 5.62. The predicted octanol–water partition coefficient (Wildman–Crippen LogP) is 3.09. The molecule has 2 aliphatic heterocycles. The van der Waals surface area contributed by atoms with Crippen molar-refractivity contribution in [3.8, 4) is 0 Å². The Kier molecular flexibility index (Phi) is 3.75. The molecule has 1 unspecified atom stereocenters. The first-order chi connectivity index (χ1) is 10.7. The van der Waals surface area contributed by atoms with Crippen LogP contribution in [0.3, 0.4) is 0 Å². The molecule has 1 saturated carbocycles. The van der Waals surface area contributed by atoms with E-state index in [1.54, 1.807) is 11.3 Å². The van der Waals surface area contributed by atoms with Crippen molar-refractivity contribution < 1.29 is 10.0 Å². The molecule has 0 aromatic carbocycles. The van der Waals surface area contributed by atoms with Crippen LogP contribution in [-0.4, -0.2) is 46.8 Å². The van der Waals surface area contributed by atoms with Gasteiger partial charge in [0.15, 0.2) is 0 Å². The van der Waals surface area contributed by atoms with Gasteiger partial charge >= 0.3 is 0 Å². The van der Waals surface area contributed by atoms with E-state index in [1.807, 2.05) is 4.90 Å². The summed E-state index contributed by atoms with van der Waals surface area (Å²) >= 11 is 1.75. The van der Waals surface area contributed by atoms with Crippen molar-refractivity contribution in [1.82, 2.24) is 9.96 Å². The van der Waals surface area contributed by atoms with Gasteiger partial charge in [-0.25, -0.2) is 0 Å². The highest BCUT2D eigenvalue weighted by molar-refractivity contribution is 7.07. The van der Waals surface area contributed by atoms with Crippen molar-refractivity contribution in [1.29, 1.82) is 0 Å². The Bertz CT molecular complexity index is 533. The molecular formula is C17H24N2O2S. The minimum absolute atomic E-state index is 0.141. The molecule has 1 spiro atoms. The van der Waals surface area contributed by atoms with Gasteiger partial charge < -0.3 is 10.1 Å². The van der Waals surface area contributed by atoms with E-state index in [9.17, 15) is 10.0 Å². The summed E-state index contributed by atoms with van der Waals surface area (Å²) in [6.07, 6.45) is 6.45. The molecule has 5 heteroatoms. The summed E-state index contributed by atoms with van der Waals surface area (Å²) in [4.78, 5) is 14.7. The molecule has 3 aliphatic rings. The Hall–Kier alpha value is -0.910. The van der Waals surface area contributed by atoms with Gasteiger partial charge in [0.05, 0.1) is 0 Å². The van der Waals surface area contributed by atoms with E-state index in [0.29, 0.717) is 17.9 Å². The minimum Gasteiger partial charge on any atom is -0.341 e. The van der Waals surface area contributed by atoms with E-state index in [2.05, 4.69) is 16.8 Å². The summed E-state index contributed by atoms with van der Waals surface area (Å²) < 4.78 is 0. The van der Waals surface area contributed by atoms with Crippen LogP contribution in [0, 0.1) is 5.41 Å². The van der Waals surface area contributed by atoms with Crippen LogP contribution in [0.1, 0.15) is 50.0 Å². The number of rotatable bonds is 2. The van der Waals surface area contributed by atoms with Crippen molar-refractivity contribution in [3.05, 3.63) is 22.4 Å². The van der Waals surface area contributed by atoms with Crippen LogP contribution in [0.2, 0.25) is 0 Å². The first-order valence-electron chi connectivity index (χ1n) is 8.43. The van der Waals surface area contributed by atoms with Crippen molar-refractivity contribution in [2.75, 3.05) is 19.6 Å². The lowest BCUT2D eigenvalue weighted by Crippen LogP contribution is -2.53. The van der Waals surface area contributed by atoms with Crippen molar-refractivity contribution in [2.24, 2.45) is 5.41 Å². The van der Waals surface area contributed by atoms with Gasteiger partial charge in [-0.15, -0.1) is 0 Å². The maximum absolute atomic E-state index is 12.7. The third kappa shape index (κ3) is 2.70. The highest BCUT2D eigenvalue weighted by Crippen LogP contribution is 2.52. The zero-order chi connectivity index (χ0) is 15.2. The van der Waals surface area contributed by atoms with Gasteiger partial charge in [-0.2, -0.15) is 16.4 Å². The number of piperidine rings is 2. The minimum atomic E-state index is -0.302. The lowest BCUT2D eigenvalue weighted by atomic mass is 9.89. The number of carbonyl (C=O) groups is 1. The molecule has 2 saturated heterocycles. The smallest absolute Gasteiger partial charge is 0.242 e. The van der Waals surface area contributed by atoms with Crippen LogP contribution >= 0.6 is 11.3 Å². The Morgan fingerprint density at radius 1 is 1.23 bits per heavy atom. The lowest BCUT2D eigenvalue weighted by molar-refractivity contribution is -0.180. The van der Waals surface area contributed by atoms with Crippen LogP contribution in [-0.2, 0) is 4.79 Å². The molecule has 3 fully saturated rings. The second-order valence-electron chi connectivity index (χ2n) is 7.31. The fraction of sp³-hybridized carbons (Fsp3) is 0.706. The molecule has 1 aliphatic carbocycles. The van der Waals surface area contributed by atoms with Crippen LogP contribution < -0.4 is 0 Å². The summed E-state index contributed by atoms with van der Waals surface area (Å²) in [5, 5.41) is 15.9. The average Bonchev–Trinajstić information content (AvgIpc) is 3.06. The van der Waals surface area contributed by atoms with E-state index in [4.69, 9.17) is 0 Å². The summed E-state index contributed by atoms with van der Waals surface area (Å²) in [5.41, 5.74) is 1.77. The Morgan fingerprint density at radius 3 is 2.59 bits per heavy atom. The molecule has 1 aromatic heterocycles. The van der Waals surface area contributed by atoms with Gasteiger partial charge in [0.25, 0.3) is 0 Å². The van der Waals surface area contributed by atoms with Gasteiger partial charge in [0, 0.05) is 19.6 Å². The van der Waals surface area contributed by atoms with E-state index < -0.39 is 0 Å². The number of carbonyl (C=O) groups excluding carboxylic acids is 1. The Labute approximate surface area is 135 Å². The van der Waals surface area contributed by atoms with E-state index in [0.717, 1.165) is 38.8 Å². The number of likely N-dealkylation sites (tertiary alicyclic amines) is 1. The molecule has 1 atom stereocenters. The van der Waals surface area contributed by atoms with Crippen LogP contribution in [0.5, 0.6) is 0 Å². The molecule has 0 bridgehead atoms. The third-order valence-electron chi connectivity index (χ3n) is 5.87. The molecule has 1 aromatic rings. The normalized spacial score (nSPS) is 29.0. The number of hydrogen-bond acceptors (Lipinski definition) is 4. The molecule has 1 amide bonds. The van der Waals surface area contributed by atoms with Gasteiger partial charge in [0.1, 0.15) is 6.04 Å². The Morgan fingerprint density at radius 2 is 2.00 bits per heavy atom. The van der Waals surface area contributed by atoms with Gasteiger partial charge in [-0.05, 0) is 72.2 Å². The zero-order valence-electron chi connectivity index (χ0n) is 12.9. The fourth-order valence-electron chi connectivity index (χ4n) is 4.11. The molecular weight excluding hydrogens is 296 g/mol. The highest BCUT2D eigenvalue weighted by Gasteiger charge is 2.49. The fourth-order valence-corrected chi connectivity index (χ4v) is 4.85. The number of amides is 1. The van der Waals surface area contributed by atoms with Crippen molar-refractivity contribution in [3.63, 3.8) is 0 Å². The largest absolute Gasteiger partial charge is 0.341 e. The average molecular weight is 320 g/mol. The van der Waals surface area contributed by atoms with Crippen LogP contribution in [0.25, 0.3) is 0 Å². The van der Waals surface area contributed by atoms with Gasteiger partial charge in [-0.3, -0.25) is 4.79 Å². The van der Waals surface area contributed by atoms with E-state index in [-0.39, 0.29) is 11.9 Å². The van der Waals surface area contributed by atoms with E-state index in [1.165, 1.54) is 23.5 Å². The molecule has 22 heavy (non-hydrogen) atoms.